The van der Waals surface area contributed by atoms with Crippen LogP contribution in [0.25, 0.3) is 0 Å². The van der Waals surface area contributed by atoms with Crippen LogP contribution in [0.4, 0.5) is 0 Å². The highest BCUT2D eigenvalue weighted by atomic mass is 16.6. The predicted molar refractivity (Wildman–Crippen MR) is 124 cm³/mol. The quantitative estimate of drug-likeness (QED) is 0.388. The Balaban J connectivity index is 1.89. The van der Waals surface area contributed by atoms with Crippen LogP contribution in [0.5, 0.6) is 0 Å². The van der Waals surface area contributed by atoms with Crippen molar-refractivity contribution in [2.45, 2.75) is 98.4 Å². The molecule has 6 atom stereocenters. The van der Waals surface area contributed by atoms with Gasteiger partial charge in [-0.25, -0.2) is 4.79 Å². The fourth-order valence-corrected chi connectivity index (χ4v) is 6.30. The third kappa shape index (κ3) is 5.03. The summed E-state index contributed by atoms with van der Waals surface area (Å²) in [7, 11) is 0. The lowest BCUT2D eigenvalue weighted by atomic mass is 9.50. The summed E-state index contributed by atoms with van der Waals surface area (Å²) < 4.78 is 10.6. The van der Waals surface area contributed by atoms with Gasteiger partial charge in [0.1, 0.15) is 6.10 Å². The van der Waals surface area contributed by atoms with Gasteiger partial charge in [0.2, 0.25) is 6.29 Å². The van der Waals surface area contributed by atoms with Crippen LogP contribution in [0.2, 0.25) is 0 Å². The number of carbonyl (C=O) groups excluding carboxylic acids is 2. The van der Waals surface area contributed by atoms with E-state index in [1.54, 1.807) is 0 Å². The molecule has 0 saturated heterocycles. The smallest absolute Gasteiger partial charge is 0.333 e. The van der Waals surface area contributed by atoms with E-state index >= 15 is 0 Å². The van der Waals surface area contributed by atoms with Gasteiger partial charge < -0.3 is 14.6 Å². The monoisotopic (exact) mass is 444 g/mol. The molecule has 1 saturated carbocycles. The van der Waals surface area contributed by atoms with Gasteiger partial charge in [-0.1, -0.05) is 38.0 Å². The van der Waals surface area contributed by atoms with Gasteiger partial charge in [0.25, 0.3) is 0 Å². The fraction of sp³-hybridized carbons (Fsp3) is 0.704. The Hall–Kier alpha value is -1.88. The molecule has 0 amide bonds. The second kappa shape index (κ2) is 9.54. The van der Waals surface area contributed by atoms with Gasteiger partial charge in [-0.05, 0) is 81.0 Å². The summed E-state index contributed by atoms with van der Waals surface area (Å²) in [4.78, 5) is 23.6. The summed E-state index contributed by atoms with van der Waals surface area (Å²) in [5.41, 5.74) is 3.12. The zero-order valence-electron chi connectivity index (χ0n) is 20.4. The Bertz CT molecular complexity index is 824. The number of allylic oxidation sites excluding steroid dienone is 3. The molecule has 1 N–H and O–H groups in total. The minimum absolute atomic E-state index is 0.189. The predicted octanol–water partition coefficient (Wildman–Crippen LogP) is 5.64. The molecule has 3 rings (SSSR count). The first kappa shape index (κ1) is 24.8. The van der Waals surface area contributed by atoms with E-state index in [-0.39, 0.29) is 10.8 Å². The van der Waals surface area contributed by atoms with Crippen LogP contribution in [-0.4, -0.2) is 29.4 Å². The summed E-state index contributed by atoms with van der Waals surface area (Å²) in [6.07, 6.45) is 10.2. The maximum atomic E-state index is 11.9. The Labute approximate surface area is 192 Å². The topological polar surface area (TPSA) is 72.8 Å². The van der Waals surface area contributed by atoms with Crippen molar-refractivity contribution in [2.24, 2.45) is 22.7 Å². The molecule has 1 fully saturated rings. The van der Waals surface area contributed by atoms with E-state index in [2.05, 4.69) is 40.3 Å². The van der Waals surface area contributed by atoms with Crippen molar-refractivity contribution in [3.05, 3.63) is 35.5 Å². The molecule has 0 aromatic rings. The van der Waals surface area contributed by atoms with Crippen LogP contribution < -0.4 is 0 Å². The average Bonchev–Trinajstić information content (AvgIpc) is 3.02. The van der Waals surface area contributed by atoms with E-state index in [1.807, 2.05) is 0 Å². The number of hydrogen-bond acceptors (Lipinski definition) is 5. The zero-order valence-corrected chi connectivity index (χ0v) is 20.4. The van der Waals surface area contributed by atoms with Crippen molar-refractivity contribution in [3.8, 4) is 0 Å². The molecule has 178 valence electrons. The maximum Gasteiger partial charge on any atom is 0.333 e. The third-order valence-corrected chi connectivity index (χ3v) is 8.37. The maximum absolute atomic E-state index is 11.9. The first-order chi connectivity index (χ1) is 15.0. The summed E-state index contributed by atoms with van der Waals surface area (Å²) in [6, 6.07) is 0. The van der Waals surface area contributed by atoms with Crippen molar-refractivity contribution in [2.75, 3.05) is 0 Å². The molecule has 5 nitrogen and oxygen atoms in total. The van der Waals surface area contributed by atoms with Crippen LogP contribution in [-0.2, 0) is 19.1 Å². The highest BCUT2D eigenvalue weighted by Gasteiger charge is 2.51. The second-order valence-corrected chi connectivity index (χ2v) is 10.8. The van der Waals surface area contributed by atoms with Crippen LogP contribution in [0.15, 0.2) is 35.5 Å². The van der Waals surface area contributed by atoms with E-state index < -0.39 is 24.3 Å². The second-order valence-electron chi connectivity index (χ2n) is 10.8. The van der Waals surface area contributed by atoms with Gasteiger partial charge in [-0.2, -0.15) is 0 Å². The summed E-state index contributed by atoms with van der Waals surface area (Å²) in [5.74, 6) is -0.114. The molecule has 0 spiro atoms. The van der Waals surface area contributed by atoms with Gasteiger partial charge >= 0.3 is 11.9 Å². The summed E-state index contributed by atoms with van der Waals surface area (Å²) in [6.45, 7) is 14.5. The molecule has 5 heteroatoms. The van der Waals surface area contributed by atoms with Crippen molar-refractivity contribution < 1.29 is 24.2 Å². The number of hydrogen-bond donors (Lipinski definition) is 1. The summed E-state index contributed by atoms with van der Waals surface area (Å²) in [5, 5.41) is 10.3. The first-order valence-electron chi connectivity index (χ1n) is 12.1. The van der Waals surface area contributed by atoms with Crippen molar-refractivity contribution in [1.29, 1.82) is 0 Å². The van der Waals surface area contributed by atoms with Crippen LogP contribution in [0.1, 0.15) is 86.0 Å². The number of rotatable bonds is 8. The number of aliphatic hydroxyl groups excluding tert-OH is 1. The number of ether oxygens (including phenoxy) is 2. The molecular weight excluding hydrogens is 404 g/mol. The molecule has 0 aromatic heterocycles. The van der Waals surface area contributed by atoms with Crippen molar-refractivity contribution >= 4 is 11.9 Å². The number of esters is 2. The first-order valence-corrected chi connectivity index (χ1v) is 12.1. The molecule has 1 unspecified atom stereocenters. The zero-order chi connectivity index (χ0) is 23.7. The van der Waals surface area contributed by atoms with E-state index in [0.29, 0.717) is 23.8 Å². The Morgan fingerprint density at radius 2 is 2.06 bits per heavy atom. The summed E-state index contributed by atoms with van der Waals surface area (Å²) >= 11 is 0. The van der Waals surface area contributed by atoms with E-state index in [1.165, 1.54) is 43.4 Å². The van der Waals surface area contributed by atoms with Gasteiger partial charge in [0.05, 0.1) is 0 Å². The molecule has 32 heavy (non-hydrogen) atoms. The molecule has 0 aromatic carbocycles. The normalized spacial score (nSPS) is 35.3. The van der Waals surface area contributed by atoms with E-state index in [0.717, 1.165) is 25.7 Å². The number of fused-ring (bicyclic) bond motifs is 1. The highest BCUT2D eigenvalue weighted by Crippen LogP contribution is 2.60. The fourth-order valence-electron chi connectivity index (χ4n) is 6.30. The Kier molecular flexibility index (Phi) is 7.38. The molecule has 0 radical (unpaired) electrons. The largest absolute Gasteiger partial charge is 0.458 e. The van der Waals surface area contributed by atoms with E-state index in [4.69, 9.17) is 9.47 Å². The lowest BCUT2D eigenvalue weighted by Gasteiger charge is -2.54. The molecule has 2 aliphatic carbocycles. The van der Waals surface area contributed by atoms with Crippen LogP contribution in [0, 0.1) is 22.7 Å². The van der Waals surface area contributed by atoms with Gasteiger partial charge in [-0.15, -0.1) is 6.58 Å². The Morgan fingerprint density at radius 3 is 2.66 bits per heavy atom. The standard InChI is InChI=1S/C27H40O5/c1-17(2)9-7-13-26(5)14-8-10-22-21(26)12-11-18(3)27(22,6)16-23(31-19(4)28)20-15-24(29)32-25(20)30/h10,15,18,21,23,25,30H,1,7-9,11-14,16H2,2-6H3/t18-,21+,23-,25?,26+,27+/m0/s1. The van der Waals surface area contributed by atoms with Crippen molar-refractivity contribution in [1.82, 2.24) is 0 Å². The average molecular weight is 445 g/mol. The van der Waals surface area contributed by atoms with Crippen LogP contribution >= 0.6 is 0 Å². The molecule has 3 aliphatic rings. The minimum Gasteiger partial charge on any atom is -0.458 e. The lowest BCUT2D eigenvalue weighted by molar-refractivity contribution is -0.154. The van der Waals surface area contributed by atoms with Gasteiger partial charge in [0, 0.05) is 18.6 Å². The third-order valence-electron chi connectivity index (χ3n) is 8.37. The number of carbonyl (C=O) groups is 2. The lowest BCUT2D eigenvalue weighted by Crippen LogP contribution is -2.46. The molecule has 1 heterocycles. The molecular formula is C27H40O5. The van der Waals surface area contributed by atoms with Gasteiger partial charge in [0.15, 0.2) is 0 Å². The minimum atomic E-state index is -1.35. The van der Waals surface area contributed by atoms with E-state index in [9.17, 15) is 14.7 Å². The Morgan fingerprint density at radius 1 is 1.34 bits per heavy atom. The van der Waals surface area contributed by atoms with Gasteiger partial charge in [-0.3, -0.25) is 4.79 Å². The molecule has 0 bridgehead atoms. The van der Waals surface area contributed by atoms with Crippen LogP contribution in [0.3, 0.4) is 0 Å². The molecule has 1 aliphatic heterocycles. The van der Waals surface area contributed by atoms with Crippen molar-refractivity contribution in [3.63, 3.8) is 0 Å². The number of cyclic esters (lactones) is 1. The SMILES string of the molecule is C=C(C)CCC[C@]1(C)CCC=C2[C@H]1CC[C@H](C)[C@@]2(C)C[C@H](OC(C)=O)C1=CC(=O)OC1O. The number of aliphatic hydroxyl groups is 1. The highest BCUT2D eigenvalue weighted by molar-refractivity contribution is 5.86.